The van der Waals surface area contributed by atoms with Gasteiger partial charge in [-0.15, -0.1) is 0 Å². The first kappa shape index (κ1) is 44.1. The van der Waals surface area contributed by atoms with Crippen molar-refractivity contribution in [2.24, 2.45) is 18.4 Å². The van der Waals surface area contributed by atoms with Crippen LogP contribution in [0.25, 0.3) is 10.9 Å². The molecule has 2 aromatic rings. The van der Waals surface area contributed by atoms with Crippen molar-refractivity contribution < 1.29 is 38.7 Å². The van der Waals surface area contributed by atoms with Gasteiger partial charge < -0.3 is 35.8 Å². The average Bonchev–Trinajstić information content (AvgIpc) is 3.61. The molecule has 1 unspecified atom stereocenters. The van der Waals surface area contributed by atoms with Gasteiger partial charge in [-0.2, -0.15) is 0 Å². The number of aryl methyl sites for hydroxylation is 1. The van der Waals surface area contributed by atoms with Crippen LogP contribution < -0.4 is 21.3 Å². The van der Waals surface area contributed by atoms with Crippen LogP contribution in [0.1, 0.15) is 67.4 Å². The number of likely N-dealkylation sites (N-methyl/N-ethyl adjacent to an activating group) is 2. The van der Waals surface area contributed by atoms with E-state index in [1.54, 1.807) is 20.2 Å². The number of rotatable bonds is 17. The van der Waals surface area contributed by atoms with Gasteiger partial charge in [0.1, 0.15) is 12.1 Å². The number of benzene rings is 1. The fraction of sp³-hybridized carbons (Fsp3) is 0.525. The molecule has 15 nitrogen and oxygen atoms in total. The number of aromatic nitrogens is 1. The Morgan fingerprint density at radius 2 is 1.53 bits per heavy atom. The third kappa shape index (κ3) is 10.5. The van der Waals surface area contributed by atoms with Crippen molar-refractivity contribution in [2.75, 3.05) is 27.2 Å². The zero-order valence-electron chi connectivity index (χ0n) is 33.8. The summed E-state index contributed by atoms with van der Waals surface area (Å²) in [4.78, 5) is 92.4. The number of nitrogens with zero attached hydrogens (tertiary/aromatic N) is 3. The summed E-state index contributed by atoms with van der Waals surface area (Å²) in [5.41, 5.74) is 0.730. The van der Waals surface area contributed by atoms with Crippen LogP contribution in [0.5, 0.6) is 0 Å². The lowest BCUT2D eigenvalue weighted by molar-refractivity contribution is -0.141. The monoisotopic (exact) mass is 763 g/mol. The second-order valence-electron chi connectivity index (χ2n) is 16.0. The molecule has 1 aliphatic rings. The van der Waals surface area contributed by atoms with Crippen molar-refractivity contribution in [1.29, 1.82) is 0 Å². The van der Waals surface area contributed by atoms with E-state index in [0.29, 0.717) is 0 Å². The van der Waals surface area contributed by atoms with E-state index in [-0.39, 0.29) is 36.4 Å². The van der Waals surface area contributed by atoms with Crippen molar-refractivity contribution in [3.8, 4) is 0 Å². The van der Waals surface area contributed by atoms with Gasteiger partial charge in [0.25, 0.3) is 11.8 Å². The Bertz CT molecular complexity index is 1850. The molecule has 0 fully saturated rings. The predicted molar refractivity (Wildman–Crippen MR) is 208 cm³/mol. The van der Waals surface area contributed by atoms with E-state index in [0.717, 1.165) is 33.5 Å². The molecule has 5 N–H and O–H groups in total. The van der Waals surface area contributed by atoms with E-state index in [1.807, 2.05) is 90.5 Å². The smallest absolute Gasteiger partial charge is 0.305 e. The zero-order chi connectivity index (χ0) is 41.6. The Balaban J connectivity index is 1.80. The van der Waals surface area contributed by atoms with Gasteiger partial charge >= 0.3 is 5.97 Å². The van der Waals surface area contributed by atoms with Gasteiger partial charge in [-0.3, -0.25) is 38.5 Å². The third-order valence-corrected chi connectivity index (χ3v) is 10.1. The first-order valence-corrected chi connectivity index (χ1v) is 18.3. The molecule has 0 spiro atoms. The van der Waals surface area contributed by atoms with E-state index < -0.39 is 71.0 Å². The molecule has 6 amide bonds. The van der Waals surface area contributed by atoms with E-state index in [2.05, 4.69) is 21.3 Å². The highest BCUT2D eigenvalue weighted by atomic mass is 16.4. The Labute approximate surface area is 322 Å². The molecule has 1 aromatic heterocycles. The summed E-state index contributed by atoms with van der Waals surface area (Å²) >= 11 is 0. The fourth-order valence-corrected chi connectivity index (χ4v) is 6.86. The number of carboxylic acid groups (broad SMARTS) is 1. The summed E-state index contributed by atoms with van der Waals surface area (Å²) in [6.45, 7) is 14.5. The van der Waals surface area contributed by atoms with Crippen LogP contribution in [0.2, 0.25) is 0 Å². The van der Waals surface area contributed by atoms with Crippen molar-refractivity contribution >= 4 is 52.3 Å². The van der Waals surface area contributed by atoms with Gasteiger partial charge in [-0.25, -0.2) is 0 Å². The minimum atomic E-state index is -1.47. The number of carboxylic acids is 1. The number of aliphatic carboxylic acids is 1. The van der Waals surface area contributed by atoms with E-state index in [4.69, 9.17) is 0 Å². The Morgan fingerprint density at radius 1 is 0.927 bits per heavy atom. The lowest BCUT2D eigenvalue weighted by atomic mass is 9.76. The second kappa shape index (κ2) is 17.9. The number of carbonyl (C=O) groups excluding carboxylic acids is 6. The Hall–Kier alpha value is -5.31. The number of amides is 6. The number of imide groups is 1. The summed E-state index contributed by atoms with van der Waals surface area (Å²) in [5.74, 6) is -4.87. The molecule has 0 bridgehead atoms. The van der Waals surface area contributed by atoms with Crippen LogP contribution >= 0.6 is 0 Å². The van der Waals surface area contributed by atoms with Crippen LogP contribution in [0.15, 0.2) is 54.3 Å². The largest absolute Gasteiger partial charge is 0.481 e. The molecule has 300 valence electrons. The first-order valence-electron chi connectivity index (χ1n) is 18.3. The van der Waals surface area contributed by atoms with Gasteiger partial charge in [-0.1, -0.05) is 72.7 Å². The number of nitrogens with one attached hydrogen (secondary N) is 4. The second-order valence-corrected chi connectivity index (χ2v) is 16.0. The molecule has 4 atom stereocenters. The van der Waals surface area contributed by atoms with Gasteiger partial charge in [0, 0.05) is 67.4 Å². The van der Waals surface area contributed by atoms with Crippen molar-refractivity contribution in [3.05, 3.63) is 59.8 Å². The molecule has 1 aliphatic heterocycles. The van der Waals surface area contributed by atoms with Crippen LogP contribution in [0.3, 0.4) is 0 Å². The molecule has 0 saturated heterocycles. The van der Waals surface area contributed by atoms with Crippen LogP contribution in [0.4, 0.5) is 0 Å². The van der Waals surface area contributed by atoms with E-state index in [1.165, 1.54) is 11.8 Å². The molecule has 2 heterocycles. The van der Waals surface area contributed by atoms with Crippen LogP contribution in [-0.2, 0) is 46.0 Å². The lowest BCUT2D eigenvalue weighted by Crippen LogP contribution is -2.61. The number of para-hydroxylation sites is 1. The summed E-state index contributed by atoms with van der Waals surface area (Å²) < 4.78 is 2.03. The fourth-order valence-electron chi connectivity index (χ4n) is 6.86. The van der Waals surface area contributed by atoms with Crippen LogP contribution in [-0.4, -0.2) is 112 Å². The third-order valence-electron chi connectivity index (χ3n) is 10.1. The van der Waals surface area contributed by atoms with E-state index in [9.17, 15) is 38.7 Å². The average molecular weight is 764 g/mol. The minimum absolute atomic E-state index is 0.129. The Morgan fingerprint density at radius 3 is 2.07 bits per heavy atom. The van der Waals surface area contributed by atoms with Gasteiger partial charge in [0.2, 0.25) is 23.6 Å². The molecule has 0 aliphatic carbocycles. The number of carbonyl (C=O) groups is 7. The van der Waals surface area contributed by atoms with Gasteiger partial charge in [-0.05, 0) is 36.9 Å². The standard InChI is InChI=1S/C40H57N7O8/c1-23(2)29(20-24(3)35(52)43-27(21-32(50)51)36(53)42-18-19-47-30(48)16-17-31(47)49)46(11)38(55)34(39(4,5)6)44-37(54)33(41-9)40(7,8)26-22-45(10)28-15-13-12-14-25(26)28/h12-17,20,22-23,27,29,33-34,41H,18-19,21H2,1-11H3,(H,42,53)(H,43,52)(H,44,54)(H,50,51)/b24-20+/t27-,29-,33-,34?/m1/s1. The normalized spacial score (nSPS) is 15.9. The molecule has 3 rings (SSSR count). The highest BCUT2D eigenvalue weighted by Gasteiger charge is 2.42. The van der Waals surface area contributed by atoms with Crippen molar-refractivity contribution in [2.45, 2.75) is 91.4 Å². The number of fused-ring (bicyclic) bond motifs is 1. The molecule has 15 heteroatoms. The zero-order valence-corrected chi connectivity index (χ0v) is 33.8. The molecule has 0 saturated carbocycles. The van der Waals surface area contributed by atoms with Crippen LogP contribution in [0, 0.1) is 11.3 Å². The quantitative estimate of drug-likeness (QED) is 0.118. The summed E-state index contributed by atoms with van der Waals surface area (Å²) in [5, 5.41) is 21.6. The first-order chi connectivity index (χ1) is 25.5. The lowest BCUT2D eigenvalue weighted by Gasteiger charge is -2.39. The molecular weight excluding hydrogens is 706 g/mol. The molecular formula is C40H57N7O8. The summed E-state index contributed by atoms with van der Waals surface area (Å²) in [6, 6.07) is 4.20. The number of hydrogen-bond acceptors (Lipinski definition) is 8. The highest BCUT2D eigenvalue weighted by molar-refractivity contribution is 6.12. The molecule has 1 aromatic carbocycles. The minimum Gasteiger partial charge on any atom is -0.481 e. The summed E-state index contributed by atoms with van der Waals surface area (Å²) in [7, 11) is 5.27. The maximum Gasteiger partial charge on any atom is 0.305 e. The molecule has 0 radical (unpaired) electrons. The highest BCUT2D eigenvalue weighted by Crippen LogP contribution is 2.35. The maximum absolute atomic E-state index is 14.3. The maximum atomic E-state index is 14.3. The van der Waals surface area contributed by atoms with Gasteiger partial charge in [0.05, 0.1) is 18.5 Å². The topological polar surface area (TPSA) is 199 Å². The van der Waals surface area contributed by atoms with Crippen molar-refractivity contribution in [3.63, 3.8) is 0 Å². The summed E-state index contributed by atoms with van der Waals surface area (Å²) in [6.07, 6.45) is 5.09. The Kier molecular flexibility index (Phi) is 14.3. The predicted octanol–water partition coefficient (Wildman–Crippen LogP) is 2.00. The SMILES string of the molecule is CN[C@H](C(=O)NC(C(=O)N(C)[C@H](/C=C(\C)C(=O)N[C@H](CC(=O)O)C(=O)NCCN1C(=O)C=CC1=O)C(C)C)C(C)(C)C)C(C)(C)c1cn(C)c2ccccc12. The van der Waals surface area contributed by atoms with E-state index >= 15 is 0 Å². The van der Waals surface area contributed by atoms with Gasteiger partial charge in [0.15, 0.2) is 0 Å². The number of hydrogen-bond donors (Lipinski definition) is 5. The van der Waals surface area contributed by atoms with Crippen molar-refractivity contribution in [1.82, 2.24) is 35.6 Å². The molecule has 55 heavy (non-hydrogen) atoms.